The third kappa shape index (κ3) is 4.89. The highest BCUT2D eigenvalue weighted by atomic mass is 32.2. The van der Waals surface area contributed by atoms with E-state index < -0.39 is 34.5 Å². The van der Waals surface area contributed by atoms with Gasteiger partial charge in [0, 0.05) is 5.69 Å². The number of rotatable bonds is 5. The van der Waals surface area contributed by atoms with Crippen molar-refractivity contribution in [2.75, 3.05) is 11.4 Å². The summed E-state index contributed by atoms with van der Waals surface area (Å²) >= 11 is -2.00. The first-order chi connectivity index (χ1) is 15.6. The molecule has 1 heterocycles. The summed E-state index contributed by atoms with van der Waals surface area (Å²) in [5.74, 6) is -0.926. The minimum atomic E-state index is -4.49. The molecule has 4 nitrogen and oxygen atoms in total. The molecule has 0 aromatic heterocycles. The predicted molar refractivity (Wildman–Crippen MR) is 118 cm³/mol. The first kappa shape index (κ1) is 22.9. The van der Waals surface area contributed by atoms with Gasteiger partial charge in [0.25, 0.3) is 5.91 Å². The zero-order valence-electron chi connectivity index (χ0n) is 17.0. The van der Waals surface area contributed by atoms with Crippen molar-refractivity contribution in [3.8, 4) is 0 Å². The van der Waals surface area contributed by atoms with Crippen molar-refractivity contribution in [2.45, 2.75) is 11.9 Å². The fraction of sp³-hybridized carbons (Fsp3) is 0.125. The quantitative estimate of drug-likeness (QED) is 0.390. The molecule has 9 heteroatoms. The SMILES string of the molecule is O=C1C(c2ccc(F)cc2)=C(c2ccc(CS(=O)O)cc2)CN1c1ccc(C(F)(F)F)cc1. The van der Waals surface area contributed by atoms with Crippen LogP contribution in [0.2, 0.25) is 0 Å². The molecule has 0 saturated heterocycles. The van der Waals surface area contributed by atoms with Gasteiger partial charge in [0.1, 0.15) is 5.82 Å². The van der Waals surface area contributed by atoms with E-state index in [4.69, 9.17) is 4.55 Å². The Labute approximate surface area is 189 Å². The van der Waals surface area contributed by atoms with E-state index in [1.165, 1.54) is 41.3 Å². The number of benzene rings is 3. The van der Waals surface area contributed by atoms with E-state index in [-0.39, 0.29) is 12.3 Å². The van der Waals surface area contributed by atoms with Gasteiger partial charge in [0.05, 0.1) is 23.4 Å². The van der Waals surface area contributed by atoms with Gasteiger partial charge in [-0.15, -0.1) is 0 Å². The van der Waals surface area contributed by atoms with Crippen LogP contribution in [0.4, 0.5) is 23.2 Å². The van der Waals surface area contributed by atoms with Crippen LogP contribution in [0.5, 0.6) is 0 Å². The van der Waals surface area contributed by atoms with Gasteiger partial charge >= 0.3 is 6.18 Å². The Balaban J connectivity index is 1.74. The fourth-order valence-corrected chi connectivity index (χ4v) is 4.18. The van der Waals surface area contributed by atoms with E-state index >= 15 is 0 Å². The lowest BCUT2D eigenvalue weighted by Gasteiger charge is -2.18. The van der Waals surface area contributed by atoms with Crippen LogP contribution in [0.3, 0.4) is 0 Å². The van der Waals surface area contributed by atoms with E-state index in [1.54, 1.807) is 24.3 Å². The highest BCUT2D eigenvalue weighted by Gasteiger charge is 2.34. The first-order valence-corrected chi connectivity index (χ1v) is 11.1. The topological polar surface area (TPSA) is 57.6 Å². The maximum atomic E-state index is 13.5. The number of carbonyl (C=O) groups is 1. The lowest BCUT2D eigenvalue weighted by Crippen LogP contribution is -2.26. The van der Waals surface area contributed by atoms with Crippen molar-refractivity contribution in [3.05, 3.63) is 101 Å². The van der Waals surface area contributed by atoms with E-state index in [9.17, 15) is 26.6 Å². The third-order valence-corrected chi connectivity index (χ3v) is 5.89. The molecule has 0 aliphatic carbocycles. The van der Waals surface area contributed by atoms with Crippen LogP contribution < -0.4 is 4.90 Å². The Morgan fingerprint density at radius 3 is 2.00 bits per heavy atom. The summed E-state index contributed by atoms with van der Waals surface area (Å²) in [7, 11) is 0. The number of hydrogen-bond acceptors (Lipinski definition) is 2. The second-order valence-corrected chi connectivity index (χ2v) is 8.39. The molecule has 4 rings (SSSR count). The molecule has 33 heavy (non-hydrogen) atoms. The maximum absolute atomic E-state index is 13.5. The lowest BCUT2D eigenvalue weighted by molar-refractivity contribution is -0.137. The van der Waals surface area contributed by atoms with Gasteiger partial charge in [-0.25, -0.2) is 8.60 Å². The van der Waals surface area contributed by atoms with E-state index in [0.717, 1.165) is 12.1 Å². The lowest BCUT2D eigenvalue weighted by atomic mass is 9.96. The summed E-state index contributed by atoms with van der Waals surface area (Å²) in [5.41, 5.74) is 2.19. The monoisotopic (exact) mass is 475 g/mol. The molecule has 1 N–H and O–H groups in total. The number of amides is 1. The van der Waals surface area contributed by atoms with Gasteiger partial charge in [-0.05, 0) is 58.7 Å². The first-order valence-electron chi connectivity index (χ1n) is 9.78. The minimum absolute atomic E-state index is 0.0409. The van der Waals surface area contributed by atoms with Gasteiger partial charge in [-0.3, -0.25) is 4.79 Å². The van der Waals surface area contributed by atoms with Crippen molar-refractivity contribution in [3.63, 3.8) is 0 Å². The molecule has 3 aromatic carbocycles. The molecule has 3 aromatic rings. The molecule has 1 unspecified atom stereocenters. The fourth-order valence-electron chi connectivity index (χ4n) is 3.71. The maximum Gasteiger partial charge on any atom is 0.416 e. The molecule has 0 fully saturated rings. The summed E-state index contributed by atoms with van der Waals surface area (Å²) in [6.45, 7) is 0.0994. The second kappa shape index (κ2) is 8.92. The van der Waals surface area contributed by atoms with E-state index in [1.807, 2.05) is 0 Å². The van der Waals surface area contributed by atoms with Gasteiger partial charge < -0.3 is 9.45 Å². The van der Waals surface area contributed by atoms with E-state index in [0.29, 0.717) is 33.5 Å². The van der Waals surface area contributed by atoms with Gasteiger partial charge in [-0.1, -0.05) is 36.4 Å². The Hall–Kier alpha value is -3.30. The van der Waals surface area contributed by atoms with Crippen LogP contribution in [0.15, 0.2) is 72.8 Å². The number of nitrogens with zero attached hydrogens (tertiary/aromatic N) is 1. The average Bonchev–Trinajstić information content (AvgIpc) is 3.11. The standard InChI is InChI=1S/C24H17F4NO3S/c25-19-9-5-17(6-10-19)22-21(16-3-1-15(2-4-16)14-33(31)32)13-29(23(22)30)20-11-7-18(8-12-20)24(26,27)28/h1-12H,13-14H2,(H,31,32). The molecule has 0 radical (unpaired) electrons. The highest BCUT2D eigenvalue weighted by Crippen LogP contribution is 2.38. The summed E-state index contributed by atoms with van der Waals surface area (Å²) < 4.78 is 72.4. The van der Waals surface area contributed by atoms with Crippen LogP contribution in [-0.2, 0) is 27.8 Å². The normalized spacial score (nSPS) is 15.3. The third-order valence-electron chi connectivity index (χ3n) is 5.31. The number of halogens is 4. The molecule has 0 saturated carbocycles. The number of anilines is 1. The number of carbonyl (C=O) groups excluding carboxylic acids is 1. The van der Waals surface area contributed by atoms with Crippen molar-refractivity contribution in [2.24, 2.45) is 0 Å². The number of alkyl halides is 3. The van der Waals surface area contributed by atoms with Gasteiger partial charge in [0.15, 0.2) is 11.1 Å². The van der Waals surface area contributed by atoms with Crippen molar-refractivity contribution >= 4 is 33.8 Å². The van der Waals surface area contributed by atoms with Crippen LogP contribution in [-0.4, -0.2) is 21.2 Å². The van der Waals surface area contributed by atoms with Crippen molar-refractivity contribution in [1.29, 1.82) is 0 Å². The average molecular weight is 475 g/mol. The Morgan fingerprint density at radius 1 is 0.879 bits per heavy atom. The highest BCUT2D eigenvalue weighted by molar-refractivity contribution is 7.78. The smallest absolute Gasteiger partial charge is 0.306 e. The molecule has 1 atom stereocenters. The van der Waals surface area contributed by atoms with Gasteiger partial charge in [0.2, 0.25) is 0 Å². The molecular weight excluding hydrogens is 458 g/mol. The molecule has 1 aliphatic heterocycles. The van der Waals surface area contributed by atoms with Crippen LogP contribution in [0.1, 0.15) is 22.3 Å². The number of hydrogen-bond donors (Lipinski definition) is 1. The zero-order chi connectivity index (χ0) is 23.8. The molecule has 0 bridgehead atoms. The summed E-state index contributed by atoms with van der Waals surface area (Å²) in [5, 5.41) is 0. The van der Waals surface area contributed by atoms with Crippen LogP contribution in [0.25, 0.3) is 11.1 Å². The molecular formula is C24H17F4NO3S. The second-order valence-electron chi connectivity index (χ2n) is 7.46. The zero-order valence-corrected chi connectivity index (χ0v) is 17.8. The van der Waals surface area contributed by atoms with E-state index in [2.05, 4.69) is 0 Å². The van der Waals surface area contributed by atoms with Gasteiger partial charge in [-0.2, -0.15) is 13.2 Å². The Bertz CT molecular complexity index is 1230. The summed E-state index contributed by atoms with van der Waals surface area (Å²) in [6.07, 6.45) is -4.49. The molecule has 0 spiro atoms. The van der Waals surface area contributed by atoms with Crippen molar-refractivity contribution in [1.82, 2.24) is 0 Å². The summed E-state index contributed by atoms with van der Waals surface area (Å²) in [6, 6.07) is 16.5. The molecule has 1 amide bonds. The van der Waals surface area contributed by atoms with Crippen molar-refractivity contribution < 1.29 is 31.1 Å². The van der Waals surface area contributed by atoms with Crippen LogP contribution >= 0.6 is 0 Å². The Kier molecular flexibility index (Phi) is 6.18. The van der Waals surface area contributed by atoms with Crippen LogP contribution in [0, 0.1) is 5.82 Å². The minimum Gasteiger partial charge on any atom is -0.306 e. The largest absolute Gasteiger partial charge is 0.416 e. The molecule has 1 aliphatic rings. The summed E-state index contributed by atoms with van der Waals surface area (Å²) in [4.78, 5) is 14.7. The predicted octanol–water partition coefficient (Wildman–Crippen LogP) is 5.52. The molecule has 170 valence electrons. The Morgan fingerprint density at radius 2 is 1.45 bits per heavy atom.